The van der Waals surface area contributed by atoms with Crippen molar-refractivity contribution in [3.05, 3.63) is 41.5 Å². The lowest BCUT2D eigenvalue weighted by Gasteiger charge is -2.01. The minimum Gasteiger partial charge on any atom is -0.388 e. The van der Waals surface area contributed by atoms with Crippen LogP contribution in [0.1, 0.15) is 18.1 Å². The molecule has 1 rings (SSSR count). The Morgan fingerprint density at radius 3 is 2.80 bits per heavy atom. The van der Waals surface area contributed by atoms with Crippen LogP contribution in [-0.2, 0) is 0 Å². The van der Waals surface area contributed by atoms with Gasteiger partial charge in [0.25, 0.3) is 0 Å². The Bertz CT molecular complexity index is 671. The predicted molar refractivity (Wildman–Crippen MR) is 83.5 cm³/mol. The first kappa shape index (κ1) is 15.1. The first-order valence-corrected chi connectivity index (χ1v) is 6.05. The van der Waals surface area contributed by atoms with Gasteiger partial charge >= 0.3 is 0 Å². The summed E-state index contributed by atoms with van der Waals surface area (Å²) in [5, 5.41) is 11.9. The third kappa shape index (κ3) is 5.13. The number of allylic oxidation sites excluding steroid dienone is 2. The predicted octanol–water partition coefficient (Wildman–Crippen LogP) is 2.60. The second-order valence-corrected chi connectivity index (χ2v) is 3.92. The molecular formula is C17H15N3. The number of nitrogens with one attached hydrogen (secondary N) is 1. The van der Waals surface area contributed by atoms with Crippen molar-refractivity contribution in [1.29, 1.82) is 5.26 Å². The van der Waals surface area contributed by atoms with E-state index in [2.05, 4.69) is 34.1 Å². The van der Waals surface area contributed by atoms with Crippen molar-refractivity contribution in [2.75, 3.05) is 18.9 Å². The molecule has 0 unspecified atom stereocenters. The van der Waals surface area contributed by atoms with E-state index in [4.69, 9.17) is 11.7 Å². The zero-order valence-electron chi connectivity index (χ0n) is 11.6. The van der Waals surface area contributed by atoms with Gasteiger partial charge in [-0.3, -0.25) is 4.99 Å². The minimum atomic E-state index is 0.395. The summed E-state index contributed by atoms with van der Waals surface area (Å²) in [6.07, 6.45) is 8.47. The van der Waals surface area contributed by atoms with Gasteiger partial charge in [-0.05, 0) is 37.3 Å². The third-order valence-corrected chi connectivity index (χ3v) is 2.41. The SMILES string of the molecule is C#C/C=C\C(C)=NCC#Cc1cc(C#N)cc(NC)c1. The quantitative estimate of drug-likeness (QED) is 0.671. The summed E-state index contributed by atoms with van der Waals surface area (Å²) >= 11 is 0. The Balaban J connectivity index is 2.81. The monoisotopic (exact) mass is 261 g/mol. The number of benzene rings is 1. The first-order chi connectivity index (χ1) is 9.69. The molecule has 0 saturated carbocycles. The molecule has 0 aliphatic heterocycles. The highest BCUT2D eigenvalue weighted by Gasteiger charge is 1.96. The van der Waals surface area contributed by atoms with Gasteiger partial charge in [0, 0.05) is 24.0 Å². The molecule has 1 aromatic carbocycles. The second kappa shape index (κ2) is 8.20. The summed E-state index contributed by atoms with van der Waals surface area (Å²) in [7, 11) is 1.80. The lowest BCUT2D eigenvalue weighted by atomic mass is 10.1. The van der Waals surface area contributed by atoms with Crippen molar-refractivity contribution >= 4 is 11.4 Å². The van der Waals surface area contributed by atoms with E-state index < -0.39 is 0 Å². The van der Waals surface area contributed by atoms with E-state index in [1.807, 2.05) is 13.0 Å². The average molecular weight is 261 g/mol. The molecule has 0 spiro atoms. The smallest absolute Gasteiger partial charge is 0.100 e. The van der Waals surface area contributed by atoms with E-state index in [9.17, 15) is 0 Å². The van der Waals surface area contributed by atoms with Gasteiger partial charge < -0.3 is 5.32 Å². The summed E-state index contributed by atoms with van der Waals surface area (Å²) < 4.78 is 0. The van der Waals surface area contributed by atoms with Crippen LogP contribution >= 0.6 is 0 Å². The summed E-state index contributed by atoms with van der Waals surface area (Å²) in [6.45, 7) is 2.26. The Morgan fingerprint density at radius 1 is 1.40 bits per heavy atom. The molecule has 0 aliphatic rings. The number of rotatable bonds is 3. The number of anilines is 1. The molecule has 0 aromatic heterocycles. The van der Waals surface area contributed by atoms with Crippen molar-refractivity contribution in [2.45, 2.75) is 6.92 Å². The third-order valence-electron chi connectivity index (χ3n) is 2.41. The van der Waals surface area contributed by atoms with Crippen LogP contribution in [0.2, 0.25) is 0 Å². The van der Waals surface area contributed by atoms with E-state index in [1.165, 1.54) is 0 Å². The second-order valence-electron chi connectivity index (χ2n) is 3.92. The molecule has 3 heteroatoms. The number of nitriles is 1. The summed E-state index contributed by atoms with van der Waals surface area (Å²) in [4.78, 5) is 4.24. The van der Waals surface area contributed by atoms with Gasteiger partial charge in [0.15, 0.2) is 0 Å². The van der Waals surface area contributed by atoms with Crippen molar-refractivity contribution in [3.63, 3.8) is 0 Å². The van der Waals surface area contributed by atoms with Gasteiger partial charge in [0.2, 0.25) is 0 Å². The van der Waals surface area contributed by atoms with E-state index in [1.54, 1.807) is 31.3 Å². The van der Waals surface area contributed by atoms with Crippen LogP contribution in [-0.4, -0.2) is 19.3 Å². The van der Waals surface area contributed by atoms with Crippen LogP contribution in [0.15, 0.2) is 35.3 Å². The summed E-state index contributed by atoms with van der Waals surface area (Å²) in [5.74, 6) is 8.35. The van der Waals surface area contributed by atoms with Gasteiger partial charge in [-0.2, -0.15) is 5.26 Å². The number of nitrogens with zero attached hydrogens (tertiary/aromatic N) is 2. The van der Waals surface area contributed by atoms with Crippen molar-refractivity contribution in [2.24, 2.45) is 4.99 Å². The number of terminal acetylenes is 1. The molecule has 0 heterocycles. The average Bonchev–Trinajstić information content (AvgIpc) is 2.49. The maximum atomic E-state index is 8.94. The topological polar surface area (TPSA) is 48.2 Å². The minimum absolute atomic E-state index is 0.395. The molecule has 0 radical (unpaired) electrons. The molecule has 98 valence electrons. The molecule has 0 atom stereocenters. The van der Waals surface area contributed by atoms with Crippen molar-refractivity contribution in [1.82, 2.24) is 0 Å². The molecule has 20 heavy (non-hydrogen) atoms. The van der Waals surface area contributed by atoms with Gasteiger partial charge in [0.1, 0.15) is 6.54 Å². The Hall–Kier alpha value is -2.96. The van der Waals surface area contributed by atoms with Gasteiger partial charge in [-0.1, -0.05) is 17.8 Å². The largest absolute Gasteiger partial charge is 0.388 e. The fourth-order valence-electron chi connectivity index (χ4n) is 1.44. The summed E-state index contributed by atoms with van der Waals surface area (Å²) in [6, 6.07) is 7.53. The Kier molecular flexibility index (Phi) is 6.19. The van der Waals surface area contributed by atoms with Gasteiger partial charge in [-0.15, -0.1) is 6.42 Å². The molecular weight excluding hydrogens is 246 g/mol. The molecule has 0 amide bonds. The van der Waals surface area contributed by atoms with Crippen LogP contribution in [0, 0.1) is 35.5 Å². The zero-order chi connectivity index (χ0) is 14.8. The van der Waals surface area contributed by atoms with E-state index >= 15 is 0 Å². The normalized spacial score (nSPS) is 10.3. The summed E-state index contributed by atoms with van der Waals surface area (Å²) in [5.41, 5.74) is 3.07. The van der Waals surface area contributed by atoms with Crippen molar-refractivity contribution < 1.29 is 0 Å². The first-order valence-electron chi connectivity index (χ1n) is 6.05. The molecule has 1 N–H and O–H groups in total. The van der Waals surface area contributed by atoms with E-state index in [0.717, 1.165) is 17.0 Å². The van der Waals surface area contributed by atoms with Crippen LogP contribution in [0.3, 0.4) is 0 Å². The number of hydrogen-bond acceptors (Lipinski definition) is 3. The maximum absolute atomic E-state index is 8.94. The highest BCUT2D eigenvalue weighted by atomic mass is 14.8. The Labute approximate surface area is 120 Å². The Morgan fingerprint density at radius 2 is 2.15 bits per heavy atom. The lowest BCUT2D eigenvalue weighted by molar-refractivity contribution is 1.28. The maximum Gasteiger partial charge on any atom is 0.100 e. The van der Waals surface area contributed by atoms with E-state index in [0.29, 0.717) is 12.1 Å². The van der Waals surface area contributed by atoms with Crippen LogP contribution in [0.5, 0.6) is 0 Å². The molecule has 1 aromatic rings. The highest BCUT2D eigenvalue weighted by Crippen LogP contribution is 2.13. The molecule has 3 nitrogen and oxygen atoms in total. The molecule has 0 saturated heterocycles. The zero-order valence-corrected chi connectivity index (χ0v) is 11.6. The van der Waals surface area contributed by atoms with E-state index in [-0.39, 0.29) is 0 Å². The van der Waals surface area contributed by atoms with Gasteiger partial charge in [-0.25, -0.2) is 0 Å². The molecule has 0 aliphatic carbocycles. The number of hydrogen-bond donors (Lipinski definition) is 1. The fourth-order valence-corrected chi connectivity index (χ4v) is 1.44. The standard InChI is InChI=1S/C17H15N3/c1-4-5-7-14(2)20-9-6-8-15-10-16(13-18)12-17(11-15)19-3/h1,5,7,10-12,19H,9H2,2-3H3/b7-5-,20-14?. The highest BCUT2D eigenvalue weighted by molar-refractivity contribution is 5.93. The van der Waals surface area contributed by atoms with Crippen LogP contribution < -0.4 is 5.32 Å². The van der Waals surface area contributed by atoms with Crippen molar-refractivity contribution in [3.8, 4) is 30.3 Å². The lowest BCUT2D eigenvalue weighted by Crippen LogP contribution is -1.91. The number of aliphatic imine (C=N–C) groups is 1. The van der Waals surface area contributed by atoms with Crippen LogP contribution in [0.4, 0.5) is 5.69 Å². The van der Waals surface area contributed by atoms with Crippen LogP contribution in [0.25, 0.3) is 0 Å². The fraction of sp³-hybridized carbons (Fsp3) is 0.176. The molecule has 0 bridgehead atoms. The molecule has 0 fully saturated rings. The van der Waals surface area contributed by atoms with Gasteiger partial charge in [0.05, 0.1) is 11.6 Å².